The second-order valence-corrected chi connectivity index (χ2v) is 7.99. The molecule has 142 valence electrons. The summed E-state index contributed by atoms with van der Waals surface area (Å²) >= 11 is 0. The minimum Gasteiger partial charge on any atom is -0.479 e. The van der Waals surface area contributed by atoms with Gasteiger partial charge in [-0.3, -0.25) is 10.1 Å². The fourth-order valence-corrected chi connectivity index (χ4v) is 4.94. The van der Waals surface area contributed by atoms with E-state index in [-0.39, 0.29) is 15.5 Å². The van der Waals surface area contributed by atoms with Crippen molar-refractivity contribution in [2.24, 2.45) is 4.36 Å². The summed E-state index contributed by atoms with van der Waals surface area (Å²) in [4.78, 5) is 22.8. The Kier molecular flexibility index (Phi) is 5.51. The summed E-state index contributed by atoms with van der Waals surface area (Å²) in [5.41, 5.74) is -0.0467. The molecular formula is C20H16N2O5S. The highest BCUT2D eigenvalue weighted by Crippen LogP contribution is 2.34. The van der Waals surface area contributed by atoms with E-state index >= 15 is 0 Å². The second-order valence-electron chi connectivity index (χ2n) is 5.82. The quantitative estimate of drug-likeness (QED) is 0.493. The molecule has 3 aromatic carbocycles. The van der Waals surface area contributed by atoms with Crippen LogP contribution in [0.1, 0.15) is 11.6 Å². The number of rotatable bonds is 6. The van der Waals surface area contributed by atoms with Gasteiger partial charge in [0.25, 0.3) is 5.69 Å². The molecule has 0 fully saturated rings. The van der Waals surface area contributed by atoms with Crippen LogP contribution in [0.5, 0.6) is 0 Å². The SMILES string of the molecule is O=C(O)C(N=S(=O)(c1ccccc1)c1ccccc1[N+](=O)[O-])c1ccccc1. The lowest BCUT2D eigenvalue weighted by atomic mass is 10.1. The van der Waals surface area contributed by atoms with Gasteiger partial charge in [-0.15, -0.1) is 0 Å². The van der Waals surface area contributed by atoms with Crippen molar-refractivity contribution in [3.63, 3.8) is 0 Å². The summed E-state index contributed by atoms with van der Waals surface area (Å²) in [7, 11) is -3.61. The maximum atomic E-state index is 14.1. The van der Waals surface area contributed by atoms with E-state index in [2.05, 4.69) is 4.36 Å². The van der Waals surface area contributed by atoms with E-state index in [0.29, 0.717) is 5.56 Å². The Morgan fingerprint density at radius 2 is 1.46 bits per heavy atom. The first-order chi connectivity index (χ1) is 13.4. The van der Waals surface area contributed by atoms with Gasteiger partial charge in [-0.05, 0) is 23.8 Å². The van der Waals surface area contributed by atoms with Crippen LogP contribution in [-0.2, 0) is 14.5 Å². The lowest BCUT2D eigenvalue weighted by molar-refractivity contribution is -0.387. The van der Waals surface area contributed by atoms with Crippen LogP contribution in [0.25, 0.3) is 0 Å². The number of carboxylic acid groups (broad SMARTS) is 1. The van der Waals surface area contributed by atoms with Crippen molar-refractivity contribution in [3.05, 3.63) is 101 Å². The molecule has 0 saturated heterocycles. The van der Waals surface area contributed by atoms with Crippen LogP contribution in [0, 0.1) is 10.1 Å². The molecule has 0 bridgehead atoms. The highest BCUT2D eigenvalue weighted by Gasteiger charge is 2.29. The maximum Gasteiger partial charge on any atom is 0.333 e. The molecule has 0 aliphatic heterocycles. The highest BCUT2D eigenvalue weighted by molar-refractivity contribution is 7.94. The fraction of sp³-hybridized carbons (Fsp3) is 0.0500. The molecular weight excluding hydrogens is 380 g/mol. The van der Waals surface area contributed by atoms with Gasteiger partial charge in [-0.1, -0.05) is 60.7 Å². The summed E-state index contributed by atoms with van der Waals surface area (Å²) in [5, 5.41) is 21.2. The summed E-state index contributed by atoms with van der Waals surface area (Å²) in [6.45, 7) is 0. The molecule has 8 heteroatoms. The van der Waals surface area contributed by atoms with Gasteiger partial charge in [0.05, 0.1) is 9.82 Å². The first-order valence-corrected chi connectivity index (χ1v) is 9.77. The van der Waals surface area contributed by atoms with Crippen LogP contribution in [0.3, 0.4) is 0 Å². The summed E-state index contributed by atoms with van der Waals surface area (Å²) in [6.07, 6.45) is 0. The monoisotopic (exact) mass is 396 g/mol. The standard InChI is InChI=1S/C20H16N2O5S/c23-20(24)19(15-9-3-1-4-10-15)21-28(27,16-11-5-2-6-12-16)18-14-8-7-13-17(18)22(25)26/h1-14,19H,(H,23,24). The molecule has 3 rings (SSSR count). The Labute approximate surface area is 161 Å². The average molecular weight is 396 g/mol. The number of carbonyl (C=O) groups is 1. The van der Waals surface area contributed by atoms with Crippen molar-refractivity contribution < 1.29 is 19.0 Å². The number of aliphatic carboxylic acids is 1. The van der Waals surface area contributed by atoms with E-state index in [1.165, 1.54) is 36.4 Å². The van der Waals surface area contributed by atoms with Crippen LogP contribution < -0.4 is 0 Å². The first kappa shape index (κ1) is 19.2. The number of para-hydroxylation sites is 1. The zero-order chi connectivity index (χ0) is 20.1. The van der Waals surface area contributed by atoms with Crippen molar-refractivity contribution in [1.82, 2.24) is 0 Å². The molecule has 0 aromatic heterocycles. The number of benzene rings is 3. The van der Waals surface area contributed by atoms with Gasteiger partial charge in [-0.2, -0.15) is 0 Å². The predicted molar refractivity (Wildman–Crippen MR) is 103 cm³/mol. The molecule has 0 saturated carbocycles. The van der Waals surface area contributed by atoms with Crippen molar-refractivity contribution in [2.45, 2.75) is 15.8 Å². The minimum absolute atomic E-state index is 0.131. The lowest BCUT2D eigenvalue weighted by Crippen LogP contribution is -2.14. The molecule has 0 amide bonds. The van der Waals surface area contributed by atoms with Gasteiger partial charge in [-0.25, -0.2) is 13.4 Å². The molecule has 28 heavy (non-hydrogen) atoms. The Balaban J connectivity index is 2.36. The Morgan fingerprint density at radius 1 is 0.929 bits per heavy atom. The first-order valence-electron chi connectivity index (χ1n) is 8.26. The van der Waals surface area contributed by atoms with Crippen LogP contribution in [0.4, 0.5) is 5.69 Å². The number of nitro benzene ring substituents is 1. The number of nitrogens with zero attached hydrogens (tertiary/aromatic N) is 2. The fourth-order valence-electron chi connectivity index (χ4n) is 2.72. The van der Waals surface area contributed by atoms with E-state index in [4.69, 9.17) is 0 Å². The Hall–Kier alpha value is -3.52. The van der Waals surface area contributed by atoms with Gasteiger partial charge in [0, 0.05) is 6.07 Å². The largest absolute Gasteiger partial charge is 0.479 e. The lowest BCUT2D eigenvalue weighted by Gasteiger charge is -2.15. The van der Waals surface area contributed by atoms with Crippen molar-refractivity contribution >= 4 is 21.4 Å². The van der Waals surface area contributed by atoms with Crippen LogP contribution in [0.2, 0.25) is 0 Å². The molecule has 2 atom stereocenters. The number of hydrogen-bond donors (Lipinski definition) is 1. The molecule has 0 aliphatic rings. The zero-order valence-corrected chi connectivity index (χ0v) is 15.4. The van der Waals surface area contributed by atoms with E-state index in [9.17, 15) is 24.2 Å². The van der Waals surface area contributed by atoms with E-state index in [0.717, 1.165) is 0 Å². The highest BCUT2D eigenvalue weighted by atomic mass is 32.2. The van der Waals surface area contributed by atoms with Gasteiger partial charge in [0.2, 0.25) is 0 Å². The van der Waals surface area contributed by atoms with Crippen molar-refractivity contribution in [1.29, 1.82) is 0 Å². The molecule has 0 aliphatic carbocycles. The van der Waals surface area contributed by atoms with Gasteiger partial charge in [0.15, 0.2) is 6.04 Å². The number of hydrogen-bond acceptors (Lipinski definition) is 5. The van der Waals surface area contributed by atoms with Crippen molar-refractivity contribution in [2.75, 3.05) is 0 Å². The smallest absolute Gasteiger partial charge is 0.333 e. The third-order valence-electron chi connectivity index (χ3n) is 4.03. The van der Waals surface area contributed by atoms with Crippen LogP contribution >= 0.6 is 0 Å². The molecule has 0 heterocycles. The second kappa shape index (κ2) is 8.01. The van der Waals surface area contributed by atoms with Crippen LogP contribution in [-0.4, -0.2) is 20.2 Å². The summed E-state index contributed by atoms with van der Waals surface area (Å²) in [6, 6.07) is 20.2. The van der Waals surface area contributed by atoms with E-state index < -0.39 is 26.7 Å². The van der Waals surface area contributed by atoms with Gasteiger partial charge >= 0.3 is 5.97 Å². The number of carboxylic acids is 1. The molecule has 7 nitrogen and oxygen atoms in total. The molecule has 0 radical (unpaired) electrons. The Morgan fingerprint density at radius 3 is 2.04 bits per heavy atom. The summed E-state index contributed by atoms with van der Waals surface area (Å²) in [5.74, 6) is -1.30. The maximum absolute atomic E-state index is 14.1. The number of nitro groups is 1. The molecule has 0 spiro atoms. The molecule has 2 unspecified atom stereocenters. The van der Waals surface area contributed by atoms with Gasteiger partial charge in [0.1, 0.15) is 14.6 Å². The zero-order valence-electron chi connectivity index (χ0n) is 14.5. The normalized spacial score (nSPS) is 13.9. The van der Waals surface area contributed by atoms with E-state index in [1.54, 1.807) is 48.5 Å². The minimum atomic E-state index is -3.61. The predicted octanol–water partition coefficient (Wildman–Crippen LogP) is 4.31. The summed E-state index contributed by atoms with van der Waals surface area (Å²) < 4.78 is 18.3. The van der Waals surface area contributed by atoms with E-state index in [1.807, 2.05) is 0 Å². The van der Waals surface area contributed by atoms with Gasteiger partial charge < -0.3 is 5.11 Å². The topological polar surface area (TPSA) is 110 Å². The Bertz CT molecular complexity index is 1120. The van der Waals surface area contributed by atoms with Crippen LogP contribution in [0.15, 0.2) is 99.1 Å². The third kappa shape index (κ3) is 3.77. The third-order valence-corrected chi connectivity index (χ3v) is 6.39. The average Bonchev–Trinajstić information content (AvgIpc) is 2.73. The molecule has 1 N–H and O–H groups in total. The van der Waals surface area contributed by atoms with Crippen molar-refractivity contribution in [3.8, 4) is 0 Å². The molecule has 3 aromatic rings.